The summed E-state index contributed by atoms with van der Waals surface area (Å²) in [6, 6.07) is 1.70. The molecule has 0 atom stereocenters. The van der Waals surface area contributed by atoms with Crippen LogP contribution < -0.4 is 11.1 Å². The molecule has 17 heavy (non-hydrogen) atoms. The van der Waals surface area contributed by atoms with Gasteiger partial charge in [0.05, 0.1) is 0 Å². The predicted octanol–water partition coefficient (Wildman–Crippen LogP) is 1.12. The van der Waals surface area contributed by atoms with Gasteiger partial charge in [0, 0.05) is 24.9 Å². The fourth-order valence-electron chi connectivity index (χ4n) is 1.54. The van der Waals surface area contributed by atoms with Crippen molar-refractivity contribution in [3.05, 3.63) is 17.8 Å². The van der Waals surface area contributed by atoms with Crippen LogP contribution >= 0.6 is 0 Å². The van der Waals surface area contributed by atoms with E-state index >= 15 is 0 Å². The molecule has 94 valence electrons. The summed E-state index contributed by atoms with van der Waals surface area (Å²) in [4.78, 5) is 17.1. The maximum absolute atomic E-state index is 10.9. The fraction of sp³-hybridized carbons (Fsp3) is 0.500. The number of aromatic nitrogens is 1. The second kappa shape index (κ2) is 6.20. The quantitative estimate of drug-likeness (QED) is 0.803. The maximum Gasteiger partial charge on any atom is 0.222 e. The number of amides is 1. The SMILES string of the molecule is CC(=O)Nc1cc(N)c(CCCN(C)C)cn1. The molecule has 1 amide bonds. The molecule has 1 aromatic rings. The summed E-state index contributed by atoms with van der Waals surface area (Å²) in [7, 11) is 4.09. The molecule has 1 rings (SSSR count). The lowest BCUT2D eigenvalue weighted by atomic mass is 10.1. The van der Waals surface area contributed by atoms with E-state index in [1.54, 1.807) is 12.3 Å². The molecule has 0 aromatic carbocycles. The summed E-state index contributed by atoms with van der Waals surface area (Å²) in [6.45, 7) is 2.47. The topological polar surface area (TPSA) is 71.2 Å². The number of nitrogen functional groups attached to an aromatic ring is 1. The van der Waals surface area contributed by atoms with Crippen molar-refractivity contribution in [1.82, 2.24) is 9.88 Å². The van der Waals surface area contributed by atoms with Gasteiger partial charge < -0.3 is 16.0 Å². The molecule has 3 N–H and O–H groups in total. The summed E-state index contributed by atoms with van der Waals surface area (Å²) in [6.07, 6.45) is 3.67. The van der Waals surface area contributed by atoms with Gasteiger partial charge in [0.15, 0.2) is 0 Å². The van der Waals surface area contributed by atoms with E-state index in [1.807, 2.05) is 14.1 Å². The van der Waals surface area contributed by atoms with Gasteiger partial charge in [0.25, 0.3) is 0 Å². The molecule has 0 aliphatic rings. The highest BCUT2D eigenvalue weighted by atomic mass is 16.1. The van der Waals surface area contributed by atoms with Gasteiger partial charge in [0.2, 0.25) is 5.91 Å². The van der Waals surface area contributed by atoms with Crippen molar-refractivity contribution >= 4 is 17.4 Å². The number of carbonyl (C=O) groups is 1. The van der Waals surface area contributed by atoms with E-state index in [2.05, 4.69) is 15.2 Å². The minimum atomic E-state index is -0.141. The third-order valence-corrected chi connectivity index (χ3v) is 2.38. The van der Waals surface area contributed by atoms with Crippen LogP contribution in [0, 0.1) is 0 Å². The number of hydrogen-bond donors (Lipinski definition) is 2. The summed E-state index contributed by atoms with van der Waals surface area (Å²) in [5.74, 6) is 0.364. The molecule has 0 spiro atoms. The van der Waals surface area contributed by atoms with E-state index in [9.17, 15) is 4.79 Å². The van der Waals surface area contributed by atoms with E-state index in [0.717, 1.165) is 24.9 Å². The Balaban J connectivity index is 2.60. The lowest BCUT2D eigenvalue weighted by molar-refractivity contribution is -0.114. The maximum atomic E-state index is 10.9. The highest BCUT2D eigenvalue weighted by Gasteiger charge is 2.03. The molecule has 0 aliphatic carbocycles. The molecule has 0 fully saturated rings. The number of nitrogens with two attached hydrogens (primary N) is 1. The zero-order chi connectivity index (χ0) is 12.8. The van der Waals surface area contributed by atoms with E-state index in [-0.39, 0.29) is 5.91 Å². The highest BCUT2D eigenvalue weighted by molar-refractivity contribution is 5.88. The van der Waals surface area contributed by atoms with Crippen LogP contribution in [0.3, 0.4) is 0 Å². The average molecular weight is 236 g/mol. The first kappa shape index (κ1) is 13.4. The van der Waals surface area contributed by atoms with Gasteiger partial charge in [-0.1, -0.05) is 0 Å². The zero-order valence-corrected chi connectivity index (χ0v) is 10.7. The molecule has 1 heterocycles. The van der Waals surface area contributed by atoms with Crippen molar-refractivity contribution in [3.8, 4) is 0 Å². The smallest absolute Gasteiger partial charge is 0.222 e. The summed E-state index contributed by atoms with van der Waals surface area (Å²) < 4.78 is 0. The zero-order valence-electron chi connectivity index (χ0n) is 10.7. The van der Waals surface area contributed by atoms with Gasteiger partial charge >= 0.3 is 0 Å². The van der Waals surface area contributed by atoms with Gasteiger partial charge in [-0.2, -0.15) is 0 Å². The van der Waals surface area contributed by atoms with Gasteiger partial charge in [-0.05, 0) is 39.0 Å². The van der Waals surface area contributed by atoms with Crippen LogP contribution in [0.2, 0.25) is 0 Å². The first-order valence-corrected chi connectivity index (χ1v) is 5.65. The third-order valence-electron chi connectivity index (χ3n) is 2.38. The molecule has 0 aliphatic heterocycles. The van der Waals surface area contributed by atoms with Crippen molar-refractivity contribution < 1.29 is 4.79 Å². The normalized spacial score (nSPS) is 10.6. The Morgan fingerprint density at radius 3 is 2.76 bits per heavy atom. The van der Waals surface area contributed by atoms with Crippen LogP contribution in [-0.2, 0) is 11.2 Å². The van der Waals surface area contributed by atoms with Gasteiger partial charge in [-0.15, -0.1) is 0 Å². The van der Waals surface area contributed by atoms with Gasteiger partial charge in [-0.25, -0.2) is 4.98 Å². The van der Waals surface area contributed by atoms with Crippen LogP contribution in [0.5, 0.6) is 0 Å². The van der Waals surface area contributed by atoms with Crippen LogP contribution in [-0.4, -0.2) is 36.4 Å². The Bertz CT molecular complexity index is 390. The van der Waals surface area contributed by atoms with Crippen molar-refractivity contribution in [3.63, 3.8) is 0 Å². The lowest BCUT2D eigenvalue weighted by Gasteiger charge is -2.11. The van der Waals surface area contributed by atoms with Crippen molar-refractivity contribution in [2.45, 2.75) is 19.8 Å². The number of carbonyl (C=O) groups excluding carboxylic acids is 1. The number of rotatable bonds is 5. The predicted molar refractivity (Wildman–Crippen MR) is 69.8 cm³/mol. The number of pyridine rings is 1. The molecule has 5 heteroatoms. The standard InChI is InChI=1S/C12H20N4O/c1-9(17)15-12-7-11(13)10(8-14-12)5-4-6-16(2)3/h7-8H,4-6H2,1-3H3,(H3,13,14,15,17). The largest absolute Gasteiger partial charge is 0.398 e. The fourth-order valence-corrected chi connectivity index (χ4v) is 1.54. The Morgan fingerprint density at radius 2 is 2.24 bits per heavy atom. The van der Waals surface area contributed by atoms with Gasteiger partial charge in [-0.3, -0.25) is 4.79 Å². The third kappa shape index (κ3) is 4.82. The Labute approximate surface area is 102 Å². The molecule has 0 saturated heterocycles. The molecule has 0 saturated carbocycles. The second-order valence-corrected chi connectivity index (χ2v) is 4.36. The molecular formula is C12H20N4O. The summed E-state index contributed by atoms with van der Waals surface area (Å²) in [5, 5.41) is 2.61. The summed E-state index contributed by atoms with van der Waals surface area (Å²) in [5.41, 5.74) is 7.62. The van der Waals surface area contributed by atoms with E-state index < -0.39 is 0 Å². The first-order valence-electron chi connectivity index (χ1n) is 5.65. The van der Waals surface area contributed by atoms with Crippen LogP contribution in [0.1, 0.15) is 18.9 Å². The molecule has 0 radical (unpaired) electrons. The molecule has 0 unspecified atom stereocenters. The van der Waals surface area contributed by atoms with Crippen molar-refractivity contribution in [1.29, 1.82) is 0 Å². The van der Waals surface area contributed by atoms with E-state index in [4.69, 9.17) is 5.73 Å². The Morgan fingerprint density at radius 1 is 1.53 bits per heavy atom. The average Bonchev–Trinajstić information content (AvgIpc) is 2.20. The Kier molecular flexibility index (Phi) is 4.90. The van der Waals surface area contributed by atoms with Crippen LogP contribution in [0.25, 0.3) is 0 Å². The number of nitrogens with zero attached hydrogens (tertiary/aromatic N) is 2. The highest BCUT2D eigenvalue weighted by Crippen LogP contribution is 2.16. The minimum absolute atomic E-state index is 0.141. The first-order chi connectivity index (χ1) is 7.99. The molecule has 1 aromatic heterocycles. The van der Waals surface area contributed by atoms with Crippen LogP contribution in [0.15, 0.2) is 12.3 Å². The Hall–Kier alpha value is -1.62. The number of aryl methyl sites for hydroxylation is 1. The molecule has 0 bridgehead atoms. The lowest BCUT2D eigenvalue weighted by Crippen LogP contribution is -2.14. The number of hydrogen-bond acceptors (Lipinski definition) is 4. The minimum Gasteiger partial charge on any atom is -0.398 e. The van der Waals surface area contributed by atoms with Crippen LogP contribution in [0.4, 0.5) is 11.5 Å². The van der Waals surface area contributed by atoms with Gasteiger partial charge in [0.1, 0.15) is 5.82 Å². The molecule has 5 nitrogen and oxygen atoms in total. The van der Waals surface area contributed by atoms with Crippen molar-refractivity contribution in [2.24, 2.45) is 0 Å². The second-order valence-electron chi connectivity index (χ2n) is 4.36. The monoisotopic (exact) mass is 236 g/mol. The summed E-state index contributed by atoms with van der Waals surface area (Å²) >= 11 is 0. The van der Waals surface area contributed by atoms with E-state index in [0.29, 0.717) is 11.5 Å². The van der Waals surface area contributed by atoms with Crippen molar-refractivity contribution in [2.75, 3.05) is 31.7 Å². The number of nitrogens with one attached hydrogen (secondary N) is 1. The van der Waals surface area contributed by atoms with E-state index in [1.165, 1.54) is 6.92 Å². The molecular weight excluding hydrogens is 216 g/mol. The number of anilines is 2.